The van der Waals surface area contributed by atoms with Crippen LogP contribution < -0.4 is 5.32 Å². The molecule has 0 fully saturated rings. The monoisotopic (exact) mass is 188 g/mol. The fourth-order valence-corrected chi connectivity index (χ4v) is 0.805. The molecule has 0 aliphatic carbocycles. The van der Waals surface area contributed by atoms with Crippen LogP contribution in [0.2, 0.25) is 0 Å². The molecule has 1 aromatic rings. The van der Waals surface area contributed by atoms with E-state index in [9.17, 15) is 4.79 Å². The molecule has 0 saturated carbocycles. The molecule has 0 aliphatic heterocycles. The predicted octanol–water partition coefficient (Wildman–Crippen LogP) is 0.838. The van der Waals surface area contributed by atoms with Crippen molar-refractivity contribution in [2.24, 2.45) is 0 Å². The molecule has 1 rings (SSSR count). The number of alkyl halides is 1. The van der Waals surface area contributed by atoms with Crippen LogP contribution in [0.25, 0.3) is 0 Å². The van der Waals surface area contributed by atoms with Gasteiger partial charge >= 0.3 is 0 Å². The molecule has 0 unspecified atom stereocenters. The Morgan fingerprint density at radius 3 is 3.08 bits per heavy atom. The molecule has 5 heteroatoms. The maximum Gasteiger partial charge on any atom is 0.235 e. The van der Waals surface area contributed by atoms with Crippen LogP contribution in [0.1, 0.15) is 11.3 Å². The molecule has 0 spiro atoms. The van der Waals surface area contributed by atoms with Gasteiger partial charge in [0.25, 0.3) is 0 Å². The molecule has 66 valence electrons. The molecule has 12 heavy (non-hydrogen) atoms. The fourth-order valence-electron chi connectivity index (χ4n) is 0.710. The molecule has 0 radical (unpaired) electrons. The van der Waals surface area contributed by atoms with Gasteiger partial charge < -0.3 is 9.84 Å². The quantitative estimate of drug-likeness (QED) is 0.716. The van der Waals surface area contributed by atoms with Crippen molar-refractivity contribution in [2.75, 3.05) is 5.88 Å². The molecule has 0 aromatic carbocycles. The van der Waals surface area contributed by atoms with E-state index in [1.54, 1.807) is 0 Å². The lowest BCUT2D eigenvalue weighted by Crippen LogP contribution is -2.24. The van der Waals surface area contributed by atoms with Gasteiger partial charge in [0.15, 0.2) is 0 Å². The van der Waals surface area contributed by atoms with Gasteiger partial charge in [0.2, 0.25) is 5.91 Å². The first-order chi connectivity index (χ1) is 5.74. The third-order valence-electron chi connectivity index (χ3n) is 1.42. The third kappa shape index (κ3) is 2.23. The minimum absolute atomic E-state index is 0.0309. The molecule has 4 nitrogen and oxygen atoms in total. The second kappa shape index (κ2) is 4.11. The first-order valence-electron chi connectivity index (χ1n) is 3.46. The number of nitrogens with one attached hydrogen (secondary N) is 1. The molecule has 1 amide bonds. The van der Waals surface area contributed by atoms with E-state index >= 15 is 0 Å². The Morgan fingerprint density at radius 1 is 1.83 bits per heavy atom. The van der Waals surface area contributed by atoms with Crippen molar-refractivity contribution in [2.45, 2.75) is 13.5 Å². The standard InChI is InChI=1S/C7H9ClN2O2/c1-5-4-12-10-6(5)3-9-7(11)2-8/h4H,2-3H2,1H3,(H,9,11). The summed E-state index contributed by atoms with van der Waals surface area (Å²) in [7, 11) is 0. The summed E-state index contributed by atoms with van der Waals surface area (Å²) in [5.41, 5.74) is 1.65. The van der Waals surface area contributed by atoms with E-state index < -0.39 is 0 Å². The van der Waals surface area contributed by atoms with Crippen LogP contribution >= 0.6 is 11.6 Å². The Bertz CT molecular complexity index is 272. The van der Waals surface area contributed by atoms with Crippen molar-refractivity contribution in [3.8, 4) is 0 Å². The minimum atomic E-state index is -0.209. The first-order valence-corrected chi connectivity index (χ1v) is 4.00. The summed E-state index contributed by atoms with van der Waals surface area (Å²) in [4.78, 5) is 10.7. The van der Waals surface area contributed by atoms with Crippen molar-refractivity contribution >= 4 is 17.5 Å². The lowest BCUT2D eigenvalue weighted by Gasteiger charge is -1.98. The van der Waals surface area contributed by atoms with Crippen LogP contribution in [-0.4, -0.2) is 16.9 Å². The summed E-state index contributed by atoms with van der Waals surface area (Å²) in [6, 6.07) is 0. The lowest BCUT2D eigenvalue weighted by molar-refractivity contribution is -0.118. The van der Waals surface area contributed by atoms with Crippen molar-refractivity contribution in [3.63, 3.8) is 0 Å². The SMILES string of the molecule is Cc1conc1CNC(=O)CCl. The molecule has 1 N–H and O–H groups in total. The molecule has 0 aliphatic rings. The molecular weight excluding hydrogens is 180 g/mol. The van der Waals surface area contributed by atoms with E-state index in [4.69, 9.17) is 11.6 Å². The number of aromatic nitrogens is 1. The zero-order valence-corrected chi connectivity index (χ0v) is 7.39. The highest BCUT2D eigenvalue weighted by molar-refractivity contribution is 6.27. The molecular formula is C7H9ClN2O2. The molecule has 1 heterocycles. The van der Waals surface area contributed by atoms with E-state index in [2.05, 4.69) is 15.0 Å². The summed E-state index contributed by atoms with van der Waals surface area (Å²) >= 11 is 5.28. The van der Waals surface area contributed by atoms with Crippen LogP contribution in [0.3, 0.4) is 0 Å². The number of halogens is 1. The number of aryl methyl sites for hydroxylation is 1. The van der Waals surface area contributed by atoms with Crippen molar-refractivity contribution in [3.05, 3.63) is 17.5 Å². The molecule has 0 atom stereocenters. The largest absolute Gasteiger partial charge is 0.364 e. The molecule has 1 aromatic heterocycles. The maximum atomic E-state index is 10.7. The Kier molecular flexibility index (Phi) is 3.10. The van der Waals surface area contributed by atoms with Gasteiger partial charge in [0, 0.05) is 5.56 Å². The highest BCUT2D eigenvalue weighted by atomic mass is 35.5. The average molecular weight is 189 g/mol. The highest BCUT2D eigenvalue weighted by Crippen LogP contribution is 2.02. The van der Waals surface area contributed by atoms with Gasteiger partial charge in [0.05, 0.1) is 6.54 Å². The Hall–Kier alpha value is -1.03. The van der Waals surface area contributed by atoms with Crippen LogP contribution in [0.5, 0.6) is 0 Å². The predicted molar refractivity (Wildman–Crippen MR) is 43.8 cm³/mol. The van der Waals surface area contributed by atoms with Crippen LogP contribution in [0.4, 0.5) is 0 Å². The van der Waals surface area contributed by atoms with Crippen LogP contribution in [0.15, 0.2) is 10.8 Å². The van der Waals surface area contributed by atoms with E-state index in [1.165, 1.54) is 6.26 Å². The lowest BCUT2D eigenvalue weighted by atomic mass is 10.3. The summed E-state index contributed by atoms with van der Waals surface area (Å²) in [6.45, 7) is 2.23. The fraction of sp³-hybridized carbons (Fsp3) is 0.429. The van der Waals surface area contributed by atoms with Gasteiger partial charge in [-0.15, -0.1) is 11.6 Å². The zero-order valence-electron chi connectivity index (χ0n) is 6.63. The second-order valence-electron chi connectivity index (χ2n) is 2.35. The summed E-state index contributed by atoms with van der Waals surface area (Å²) in [6.07, 6.45) is 1.53. The number of hydrogen-bond donors (Lipinski definition) is 1. The summed E-state index contributed by atoms with van der Waals surface area (Å²) in [5, 5.41) is 6.27. The van der Waals surface area contributed by atoms with Crippen molar-refractivity contribution in [1.82, 2.24) is 10.5 Å². The topological polar surface area (TPSA) is 55.1 Å². The number of rotatable bonds is 3. The Balaban J connectivity index is 2.43. The Morgan fingerprint density at radius 2 is 2.58 bits per heavy atom. The van der Waals surface area contributed by atoms with Crippen molar-refractivity contribution in [1.29, 1.82) is 0 Å². The number of nitrogens with zero attached hydrogens (tertiary/aromatic N) is 1. The Labute approximate surface area is 74.9 Å². The van der Waals surface area contributed by atoms with Gasteiger partial charge in [0.1, 0.15) is 17.8 Å². The van der Waals surface area contributed by atoms with E-state index in [1.807, 2.05) is 6.92 Å². The van der Waals surface area contributed by atoms with Crippen LogP contribution in [-0.2, 0) is 11.3 Å². The van der Waals surface area contributed by atoms with E-state index in [-0.39, 0.29) is 11.8 Å². The minimum Gasteiger partial charge on any atom is -0.364 e. The molecule has 0 saturated heterocycles. The van der Waals surface area contributed by atoms with Gasteiger partial charge in [-0.05, 0) is 6.92 Å². The van der Waals surface area contributed by atoms with E-state index in [0.29, 0.717) is 6.54 Å². The average Bonchev–Trinajstić information content (AvgIpc) is 2.47. The second-order valence-corrected chi connectivity index (χ2v) is 2.62. The number of carbonyl (C=O) groups is 1. The maximum absolute atomic E-state index is 10.7. The van der Waals surface area contributed by atoms with Gasteiger partial charge in [-0.3, -0.25) is 4.79 Å². The smallest absolute Gasteiger partial charge is 0.235 e. The van der Waals surface area contributed by atoms with Crippen molar-refractivity contribution < 1.29 is 9.32 Å². The summed E-state index contributed by atoms with van der Waals surface area (Å²) in [5.74, 6) is -0.240. The van der Waals surface area contributed by atoms with Gasteiger partial charge in [-0.2, -0.15) is 0 Å². The number of hydrogen-bond acceptors (Lipinski definition) is 3. The third-order valence-corrected chi connectivity index (χ3v) is 1.66. The number of carbonyl (C=O) groups excluding carboxylic acids is 1. The first kappa shape index (κ1) is 9.06. The zero-order chi connectivity index (χ0) is 8.97. The van der Waals surface area contributed by atoms with E-state index in [0.717, 1.165) is 11.3 Å². The normalized spacial score (nSPS) is 9.83. The molecule has 0 bridgehead atoms. The summed E-state index contributed by atoms with van der Waals surface area (Å²) < 4.78 is 4.68. The van der Waals surface area contributed by atoms with Gasteiger partial charge in [-0.1, -0.05) is 5.16 Å². The van der Waals surface area contributed by atoms with Gasteiger partial charge in [-0.25, -0.2) is 0 Å². The highest BCUT2D eigenvalue weighted by Gasteiger charge is 2.04. The van der Waals surface area contributed by atoms with Crippen LogP contribution in [0, 0.1) is 6.92 Å². The number of amides is 1.